The van der Waals surface area contributed by atoms with Crippen molar-refractivity contribution in [2.75, 3.05) is 26.2 Å². The average Bonchev–Trinajstić information content (AvgIpc) is 3.54. The molecule has 34 heavy (non-hydrogen) atoms. The van der Waals surface area contributed by atoms with E-state index in [4.69, 9.17) is 5.10 Å². The molecule has 3 aromatic heterocycles. The van der Waals surface area contributed by atoms with Crippen LogP contribution in [0.2, 0.25) is 0 Å². The third kappa shape index (κ3) is 5.50. The Labute approximate surface area is 203 Å². The van der Waals surface area contributed by atoms with Gasteiger partial charge in [0.15, 0.2) is 0 Å². The average molecular weight is 470 g/mol. The highest BCUT2D eigenvalue weighted by atomic mass is 32.1. The Bertz CT molecular complexity index is 1230. The number of nitrogens with zero attached hydrogens (tertiary/aromatic N) is 5. The van der Waals surface area contributed by atoms with Crippen LogP contribution in [0.5, 0.6) is 0 Å². The number of hydrogen-bond donors (Lipinski definition) is 0. The highest BCUT2D eigenvalue weighted by Gasteiger charge is 2.20. The summed E-state index contributed by atoms with van der Waals surface area (Å²) < 4.78 is 1.95. The highest BCUT2D eigenvalue weighted by molar-refractivity contribution is 7.13. The van der Waals surface area contributed by atoms with Crippen molar-refractivity contribution in [2.45, 2.75) is 13.1 Å². The highest BCUT2D eigenvalue weighted by Crippen LogP contribution is 2.28. The Morgan fingerprint density at radius 3 is 2.50 bits per heavy atom. The van der Waals surface area contributed by atoms with Gasteiger partial charge in [-0.3, -0.25) is 19.4 Å². The van der Waals surface area contributed by atoms with Gasteiger partial charge in [0.2, 0.25) is 5.91 Å². The van der Waals surface area contributed by atoms with Crippen LogP contribution in [0.15, 0.2) is 84.6 Å². The Morgan fingerprint density at radius 1 is 0.941 bits per heavy atom. The van der Waals surface area contributed by atoms with Crippen LogP contribution in [-0.4, -0.2) is 56.7 Å². The molecule has 1 saturated heterocycles. The maximum Gasteiger partial charge on any atom is 0.246 e. The van der Waals surface area contributed by atoms with Crippen LogP contribution in [0.1, 0.15) is 16.7 Å². The number of benzene rings is 1. The lowest BCUT2D eigenvalue weighted by Crippen LogP contribution is -2.47. The first-order chi connectivity index (χ1) is 16.7. The monoisotopic (exact) mass is 469 g/mol. The summed E-state index contributed by atoms with van der Waals surface area (Å²) in [5, 5.41) is 6.88. The number of piperazine rings is 1. The standard InChI is InChI=1S/C27H27N5OS/c33-26(31-15-13-30(14-16-31)19-23-8-4-12-28-18-23)11-10-24-21-32(20-22-6-2-1-3-7-22)29-27(24)25-9-5-17-34-25/h1-12,17-18,21H,13-16,19-20H2/b11-10+. The van der Waals surface area contributed by atoms with E-state index >= 15 is 0 Å². The van der Waals surface area contributed by atoms with Gasteiger partial charge in [0.1, 0.15) is 5.69 Å². The largest absolute Gasteiger partial charge is 0.337 e. The minimum absolute atomic E-state index is 0.0500. The SMILES string of the molecule is O=C(/C=C/c1cn(Cc2ccccc2)nc1-c1cccs1)N1CCN(Cc2cccnc2)CC1. The zero-order valence-corrected chi connectivity index (χ0v) is 19.8. The van der Waals surface area contributed by atoms with Crippen LogP contribution in [0, 0.1) is 0 Å². The van der Waals surface area contributed by atoms with Gasteiger partial charge < -0.3 is 4.90 Å². The van der Waals surface area contributed by atoms with Gasteiger partial charge in [-0.05, 0) is 34.7 Å². The first kappa shape index (κ1) is 22.3. The number of thiophene rings is 1. The van der Waals surface area contributed by atoms with E-state index in [9.17, 15) is 4.79 Å². The van der Waals surface area contributed by atoms with Crippen molar-refractivity contribution in [3.63, 3.8) is 0 Å². The Kier molecular flexibility index (Phi) is 6.93. The molecule has 1 amide bonds. The van der Waals surface area contributed by atoms with Crippen molar-refractivity contribution < 1.29 is 4.79 Å². The van der Waals surface area contributed by atoms with Gasteiger partial charge in [-0.1, -0.05) is 42.5 Å². The van der Waals surface area contributed by atoms with Crippen LogP contribution >= 0.6 is 11.3 Å². The first-order valence-corrected chi connectivity index (χ1v) is 12.4. The van der Waals surface area contributed by atoms with Crippen LogP contribution in [-0.2, 0) is 17.9 Å². The van der Waals surface area contributed by atoms with Crippen molar-refractivity contribution in [1.29, 1.82) is 0 Å². The predicted octanol–water partition coefficient (Wildman–Crippen LogP) is 4.41. The summed E-state index contributed by atoms with van der Waals surface area (Å²) in [5.74, 6) is 0.0500. The smallest absolute Gasteiger partial charge is 0.246 e. The molecule has 0 spiro atoms. The van der Waals surface area contributed by atoms with E-state index in [1.165, 1.54) is 11.1 Å². The summed E-state index contributed by atoms with van der Waals surface area (Å²) in [4.78, 5) is 22.5. The molecule has 0 atom stereocenters. The normalized spacial score (nSPS) is 14.6. The lowest BCUT2D eigenvalue weighted by Gasteiger charge is -2.34. The third-order valence-electron chi connectivity index (χ3n) is 5.95. The van der Waals surface area contributed by atoms with E-state index in [1.807, 2.05) is 58.4 Å². The van der Waals surface area contributed by atoms with Gasteiger partial charge in [0, 0.05) is 63.0 Å². The fourth-order valence-corrected chi connectivity index (χ4v) is 4.89. The van der Waals surface area contributed by atoms with Gasteiger partial charge in [-0.2, -0.15) is 5.10 Å². The molecule has 7 heteroatoms. The molecule has 1 aliphatic heterocycles. The van der Waals surface area contributed by atoms with E-state index in [0.717, 1.165) is 48.9 Å². The van der Waals surface area contributed by atoms with Gasteiger partial charge in [-0.25, -0.2) is 0 Å². The van der Waals surface area contributed by atoms with E-state index in [-0.39, 0.29) is 5.91 Å². The molecule has 0 unspecified atom stereocenters. The van der Waals surface area contributed by atoms with Crippen molar-refractivity contribution >= 4 is 23.3 Å². The molecular formula is C27H27N5OS. The van der Waals surface area contributed by atoms with Crippen LogP contribution in [0.4, 0.5) is 0 Å². The number of pyridine rings is 1. The Hall–Kier alpha value is -3.55. The van der Waals surface area contributed by atoms with Crippen molar-refractivity contribution in [1.82, 2.24) is 24.6 Å². The molecule has 1 aliphatic rings. The summed E-state index contributed by atoms with van der Waals surface area (Å²) >= 11 is 1.66. The zero-order chi connectivity index (χ0) is 23.2. The molecule has 0 saturated carbocycles. The van der Waals surface area contributed by atoms with Gasteiger partial charge in [0.25, 0.3) is 0 Å². The molecule has 172 valence electrons. The van der Waals surface area contributed by atoms with E-state index < -0.39 is 0 Å². The number of carbonyl (C=O) groups is 1. The van der Waals surface area contributed by atoms with Crippen molar-refractivity contribution in [3.8, 4) is 10.6 Å². The molecule has 4 aromatic rings. The summed E-state index contributed by atoms with van der Waals surface area (Å²) in [6.45, 7) is 4.76. The number of aromatic nitrogens is 3. The van der Waals surface area contributed by atoms with Crippen LogP contribution in [0.25, 0.3) is 16.6 Å². The van der Waals surface area contributed by atoms with E-state index in [1.54, 1.807) is 23.6 Å². The molecule has 1 aromatic carbocycles. The molecule has 0 radical (unpaired) electrons. The predicted molar refractivity (Wildman–Crippen MR) is 136 cm³/mol. The number of rotatable bonds is 7. The Balaban J connectivity index is 1.24. The van der Waals surface area contributed by atoms with Gasteiger partial charge in [0.05, 0.1) is 11.4 Å². The molecule has 0 N–H and O–H groups in total. The second-order valence-electron chi connectivity index (χ2n) is 8.39. The molecule has 6 nitrogen and oxygen atoms in total. The number of amides is 1. The second-order valence-corrected chi connectivity index (χ2v) is 9.34. The van der Waals surface area contributed by atoms with Crippen LogP contribution < -0.4 is 0 Å². The molecule has 1 fully saturated rings. The third-order valence-corrected chi connectivity index (χ3v) is 6.83. The summed E-state index contributed by atoms with van der Waals surface area (Å²) in [7, 11) is 0. The minimum Gasteiger partial charge on any atom is -0.337 e. The minimum atomic E-state index is 0.0500. The van der Waals surface area contributed by atoms with Crippen molar-refractivity contribution in [2.24, 2.45) is 0 Å². The number of carbonyl (C=O) groups excluding carboxylic acids is 1. The second kappa shape index (κ2) is 10.6. The van der Waals surface area contributed by atoms with Gasteiger partial charge >= 0.3 is 0 Å². The van der Waals surface area contributed by atoms with Gasteiger partial charge in [-0.15, -0.1) is 11.3 Å². The number of hydrogen-bond acceptors (Lipinski definition) is 5. The molecule has 0 bridgehead atoms. The molecule has 5 rings (SSSR count). The molecular weight excluding hydrogens is 442 g/mol. The fourth-order valence-electron chi connectivity index (χ4n) is 4.16. The molecule has 0 aliphatic carbocycles. The fraction of sp³-hybridized carbons (Fsp3) is 0.222. The van der Waals surface area contributed by atoms with E-state index in [2.05, 4.69) is 39.5 Å². The maximum absolute atomic E-state index is 12.9. The summed E-state index contributed by atoms with van der Waals surface area (Å²) in [6, 6.07) is 18.4. The van der Waals surface area contributed by atoms with Crippen molar-refractivity contribution in [3.05, 3.63) is 101 Å². The lowest BCUT2D eigenvalue weighted by molar-refractivity contribution is -0.127. The Morgan fingerprint density at radius 2 is 1.76 bits per heavy atom. The lowest BCUT2D eigenvalue weighted by atomic mass is 10.2. The first-order valence-electron chi connectivity index (χ1n) is 11.5. The topological polar surface area (TPSA) is 54.3 Å². The zero-order valence-electron chi connectivity index (χ0n) is 19.0. The molecule has 4 heterocycles. The van der Waals surface area contributed by atoms with Crippen LogP contribution in [0.3, 0.4) is 0 Å². The quantitative estimate of drug-likeness (QED) is 0.376. The summed E-state index contributed by atoms with van der Waals surface area (Å²) in [5.41, 5.74) is 4.27. The maximum atomic E-state index is 12.9. The van der Waals surface area contributed by atoms with E-state index in [0.29, 0.717) is 6.54 Å². The summed E-state index contributed by atoms with van der Waals surface area (Å²) in [6.07, 6.45) is 9.33.